The highest BCUT2D eigenvalue weighted by Gasteiger charge is 2.43. The number of methoxy groups -OCH3 is 1. The lowest BCUT2D eigenvalue weighted by molar-refractivity contribution is -0.0575. The van der Waals surface area contributed by atoms with Crippen molar-refractivity contribution in [2.45, 2.75) is 64.5 Å². The van der Waals surface area contributed by atoms with Crippen molar-refractivity contribution < 1.29 is 19.4 Å². The lowest BCUT2D eigenvalue weighted by Gasteiger charge is -2.43. The average Bonchev–Trinajstić information content (AvgIpc) is 2.89. The third-order valence-electron chi connectivity index (χ3n) is 7.27. The average molecular weight is 512 g/mol. The van der Waals surface area contributed by atoms with Gasteiger partial charge in [0, 0.05) is 50.9 Å². The van der Waals surface area contributed by atoms with Crippen LogP contribution in [-0.2, 0) is 10.3 Å². The second-order valence-electron chi connectivity index (χ2n) is 10.5. The zero-order chi connectivity index (χ0) is 26.8. The summed E-state index contributed by atoms with van der Waals surface area (Å²) in [7, 11) is 3.58. The highest BCUT2D eigenvalue weighted by atomic mass is 16.5. The normalized spacial score (nSPS) is 18.2. The lowest BCUT2D eigenvalue weighted by Crippen LogP contribution is -2.53. The molecule has 1 aliphatic heterocycles. The number of rotatable bonds is 12. The van der Waals surface area contributed by atoms with Crippen molar-refractivity contribution >= 4 is 6.03 Å². The molecule has 2 amide bonds. The van der Waals surface area contributed by atoms with Crippen LogP contribution in [0.4, 0.5) is 4.79 Å². The monoisotopic (exact) mass is 511 g/mol. The molecule has 3 atom stereocenters. The zero-order valence-electron chi connectivity index (χ0n) is 23.2. The Morgan fingerprint density at radius 3 is 2.59 bits per heavy atom. The summed E-state index contributed by atoms with van der Waals surface area (Å²) in [5, 5.41) is 18.7. The number of carbonyl (C=O) groups excluding carboxylic acids is 1. The Morgan fingerprint density at radius 1 is 1.16 bits per heavy atom. The van der Waals surface area contributed by atoms with Crippen LogP contribution in [0.25, 0.3) is 0 Å². The van der Waals surface area contributed by atoms with Gasteiger partial charge in [0.2, 0.25) is 0 Å². The Labute approximate surface area is 222 Å². The molecule has 37 heavy (non-hydrogen) atoms. The summed E-state index contributed by atoms with van der Waals surface area (Å²) in [6.45, 7) is 8.61. The van der Waals surface area contributed by atoms with Gasteiger partial charge in [-0.25, -0.2) is 4.79 Å². The van der Waals surface area contributed by atoms with Crippen LogP contribution in [0.1, 0.15) is 55.7 Å². The van der Waals surface area contributed by atoms with Crippen LogP contribution in [0, 0.1) is 19.8 Å². The van der Waals surface area contributed by atoms with E-state index in [4.69, 9.17) is 9.47 Å². The minimum absolute atomic E-state index is 0.0251. The van der Waals surface area contributed by atoms with Gasteiger partial charge in [-0.2, -0.15) is 0 Å². The molecule has 7 heteroatoms. The molecule has 3 rings (SSSR count). The smallest absolute Gasteiger partial charge is 0.317 e. The third-order valence-corrected chi connectivity index (χ3v) is 7.27. The molecule has 0 aliphatic carbocycles. The number of aryl methyl sites for hydroxylation is 2. The van der Waals surface area contributed by atoms with Gasteiger partial charge >= 0.3 is 6.03 Å². The summed E-state index contributed by atoms with van der Waals surface area (Å²) in [6, 6.07) is 13.9. The quantitative estimate of drug-likeness (QED) is 0.344. The minimum atomic E-state index is -1.14. The van der Waals surface area contributed by atoms with Crippen LogP contribution in [0.2, 0.25) is 0 Å². The van der Waals surface area contributed by atoms with E-state index in [-0.39, 0.29) is 18.0 Å². The number of likely N-dealkylation sites (tertiary alicyclic amines) is 1. The minimum Gasteiger partial charge on any atom is -0.457 e. The van der Waals surface area contributed by atoms with Gasteiger partial charge in [0.15, 0.2) is 0 Å². The van der Waals surface area contributed by atoms with E-state index in [1.165, 1.54) is 0 Å². The van der Waals surface area contributed by atoms with Gasteiger partial charge in [-0.1, -0.05) is 29.3 Å². The van der Waals surface area contributed by atoms with Crippen molar-refractivity contribution in [3.05, 3.63) is 59.2 Å². The van der Waals surface area contributed by atoms with Crippen molar-refractivity contribution in [3.8, 4) is 11.5 Å². The van der Waals surface area contributed by atoms with Gasteiger partial charge in [0.25, 0.3) is 0 Å². The Bertz CT molecular complexity index is 997. The van der Waals surface area contributed by atoms with E-state index in [1.807, 2.05) is 75.2 Å². The van der Waals surface area contributed by atoms with E-state index in [9.17, 15) is 9.90 Å². The van der Waals surface area contributed by atoms with Crippen molar-refractivity contribution in [2.75, 3.05) is 40.4 Å². The second kappa shape index (κ2) is 13.8. The molecule has 1 fully saturated rings. The van der Waals surface area contributed by atoms with Crippen molar-refractivity contribution in [1.82, 2.24) is 15.5 Å². The number of unbranched alkanes of at least 4 members (excludes halogenated alkanes) is 1. The van der Waals surface area contributed by atoms with Gasteiger partial charge in [0.1, 0.15) is 11.5 Å². The van der Waals surface area contributed by atoms with Crippen LogP contribution in [0.5, 0.6) is 11.5 Å². The molecular formula is C30H45N3O4. The Hall–Kier alpha value is -2.61. The first-order valence-electron chi connectivity index (χ1n) is 13.5. The number of ether oxygens (including phenoxy) is 2. The Balaban J connectivity index is 1.91. The number of aliphatic hydroxyl groups is 1. The highest BCUT2D eigenvalue weighted by Crippen LogP contribution is 2.44. The maximum Gasteiger partial charge on any atom is 0.317 e. The largest absolute Gasteiger partial charge is 0.457 e. The fourth-order valence-electron chi connectivity index (χ4n) is 5.21. The van der Waals surface area contributed by atoms with Crippen molar-refractivity contribution in [2.24, 2.45) is 5.92 Å². The first kappa shape index (κ1) is 29.0. The molecule has 0 unspecified atom stereocenters. The molecule has 0 bridgehead atoms. The molecule has 1 aliphatic rings. The number of hydrogen-bond acceptors (Lipinski definition) is 5. The number of benzene rings is 2. The summed E-state index contributed by atoms with van der Waals surface area (Å²) in [6.07, 6.45) is 3.93. The first-order chi connectivity index (χ1) is 17.8. The molecule has 3 N–H and O–H groups in total. The van der Waals surface area contributed by atoms with Crippen molar-refractivity contribution in [3.63, 3.8) is 0 Å². The number of nitrogens with one attached hydrogen (secondary N) is 2. The number of nitrogens with zero attached hydrogens (tertiary/aromatic N) is 1. The molecule has 1 heterocycles. The summed E-state index contributed by atoms with van der Waals surface area (Å²) in [5.74, 6) is 1.28. The van der Waals surface area contributed by atoms with Gasteiger partial charge in [-0.05, 0) is 84.2 Å². The number of amides is 2. The van der Waals surface area contributed by atoms with Crippen LogP contribution in [-0.4, -0.2) is 62.5 Å². The predicted molar refractivity (Wildman–Crippen MR) is 148 cm³/mol. The summed E-state index contributed by atoms with van der Waals surface area (Å²) in [4.78, 5) is 14.9. The molecule has 0 saturated carbocycles. The van der Waals surface area contributed by atoms with E-state index in [0.29, 0.717) is 38.4 Å². The summed E-state index contributed by atoms with van der Waals surface area (Å²) < 4.78 is 11.6. The van der Waals surface area contributed by atoms with Gasteiger partial charge in [0.05, 0.1) is 5.60 Å². The Morgan fingerprint density at radius 2 is 1.89 bits per heavy atom. The van der Waals surface area contributed by atoms with Gasteiger partial charge in [-0.15, -0.1) is 0 Å². The SMILES string of the molecule is CNC[C@H](C)NC(=O)N1CCC[C@@H]([C@@](O)(CCCCOC)c2cc(C)ccc2Oc2ccc(C)cc2)C1. The third kappa shape index (κ3) is 7.94. The fraction of sp³-hybridized carbons (Fsp3) is 0.567. The number of likely N-dealkylation sites (N-methyl/N-ethyl adjacent to an activating group) is 1. The molecule has 204 valence electrons. The molecule has 7 nitrogen and oxygen atoms in total. The lowest BCUT2D eigenvalue weighted by atomic mass is 9.73. The summed E-state index contributed by atoms with van der Waals surface area (Å²) >= 11 is 0. The Kier molecular flexibility index (Phi) is 10.8. The predicted octanol–water partition coefficient (Wildman–Crippen LogP) is 5.13. The highest BCUT2D eigenvalue weighted by molar-refractivity contribution is 5.74. The second-order valence-corrected chi connectivity index (χ2v) is 10.5. The molecule has 0 aromatic heterocycles. The number of hydrogen-bond donors (Lipinski definition) is 3. The van der Waals surface area contributed by atoms with Crippen LogP contribution < -0.4 is 15.4 Å². The van der Waals surface area contributed by atoms with E-state index < -0.39 is 5.60 Å². The van der Waals surface area contributed by atoms with Crippen LogP contribution in [0.15, 0.2) is 42.5 Å². The van der Waals surface area contributed by atoms with Gasteiger partial charge in [-0.3, -0.25) is 0 Å². The van der Waals surface area contributed by atoms with E-state index >= 15 is 0 Å². The van der Waals surface area contributed by atoms with E-state index in [2.05, 4.69) is 10.6 Å². The topological polar surface area (TPSA) is 83.1 Å². The fourth-order valence-corrected chi connectivity index (χ4v) is 5.21. The molecule has 1 saturated heterocycles. The van der Waals surface area contributed by atoms with Crippen molar-refractivity contribution in [1.29, 1.82) is 0 Å². The molecular weight excluding hydrogens is 466 g/mol. The van der Waals surface area contributed by atoms with Crippen LogP contribution in [0.3, 0.4) is 0 Å². The number of carbonyl (C=O) groups is 1. The maximum absolute atomic E-state index is 13.0. The molecule has 2 aromatic carbocycles. The molecule has 0 radical (unpaired) electrons. The number of urea groups is 1. The zero-order valence-corrected chi connectivity index (χ0v) is 23.2. The maximum atomic E-state index is 13.0. The summed E-state index contributed by atoms with van der Waals surface area (Å²) in [5.41, 5.74) is 1.87. The number of piperidine rings is 1. The van der Waals surface area contributed by atoms with Crippen LogP contribution >= 0.6 is 0 Å². The van der Waals surface area contributed by atoms with E-state index in [1.54, 1.807) is 7.11 Å². The van der Waals surface area contributed by atoms with E-state index in [0.717, 1.165) is 48.1 Å². The van der Waals surface area contributed by atoms with Gasteiger partial charge < -0.3 is 30.1 Å². The first-order valence-corrected chi connectivity index (χ1v) is 13.5. The standard InChI is InChI=1S/C30H45N3O4/c1-22-10-13-26(14-11-22)37-28-15-12-23(2)19-27(28)30(35,16-6-7-18-36-5)25-9-8-17-33(21-25)29(34)32-24(3)20-31-4/h10-15,19,24-25,31,35H,6-9,16-18,20-21H2,1-5H3,(H,32,34)/t24-,25+,30-/m0/s1. The molecule has 2 aromatic rings. The molecule has 0 spiro atoms.